The van der Waals surface area contributed by atoms with Crippen LogP contribution >= 0.6 is 0 Å². The third kappa shape index (κ3) is 2.70. The molecule has 1 unspecified atom stereocenters. The summed E-state index contributed by atoms with van der Waals surface area (Å²) in [5.74, 6) is -0.285. The molecule has 2 amide bonds. The number of hydrogen-bond acceptors (Lipinski definition) is 3. The molecule has 3 N–H and O–H groups in total. The zero-order chi connectivity index (χ0) is 10.9. The number of nitrogens with one attached hydrogen (secondary N) is 1. The van der Waals surface area contributed by atoms with Crippen LogP contribution in [-0.2, 0) is 9.59 Å². The van der Waals surface area contributed by atoms with Crippen LogP contribution in [0.5, 0.6) is 0 Å². The van der Waals surface area contributed by atoms with Crippen molar-refractivity contribution in [2.75, 3.05) is 13.1 Å². The van der Waals surface area contributed by atoms with Crippen molar-refractivity contribution in [2.24, 2.45) is 5.73 Å². The van der Waals surface area contributed by atoms with Crippen LogP contribution in [0.2, 0.25) is 0 Å². The second kappa shape index (κ2) is 3.57. The number of carbonyl (C=O) groups is 2. The van der Waals surface area contributed by atoms with Gasteiger partial charge in [-0.05, 0) is 20.8 Å². The fourth-order valence-electron chi connectivity index (χ4n) is 1.30. The molecule has 80 valence electrons. The van der Waals surface area contributed by atoms with Gasteiger partial charge in [-0.2, -0.15) is 0 Å². The Morgan fingerprint density at radius 1 is 1.64 bits per heavy atom. The molecule has 1 aliphatic heterocycles. The molecule has 0 aromatic carbocycles. The van der Waals surface area contributed by atoms with E-state index in [1.807, 2.05) is 20.8 Å². The Balaban J connectivity index is 2.32. The summed E-state index contributed by atoms with van der Waals surface area (Å²) in [6.45, 7) is 6.29. The molecule has 5 heteroatoms. The molecule has 1 saturated heterocycles. The number of rotatable bonds is 2. The molecular weight excluding hydrogens is 182 g/mol. The fourth-order valence-corrected chi connectivity index (χ4v) is 1.30. The van der Waals surface area contributed by atoms with Crippen LogP contribution < -0.4 is 11.1 Å². The first kappa shape index (κ1) is 11.0. The van der Waals surface area contributed by atoms with Gasteiger partial charge in [-0.25, -0.2) is 0 Å². The van der Waals surface area contributed by atoms with Crippen LogP contribution in [0, 0.1) is 0 Å². The minimum Gasteiger partial charge on any atom is -0.350 e. The van der Waals surface area contributed by atoms with Crippen LogP contribution in [0.1, 0.15) is 20.8 Å². The predicted molar refractivity (Wildman–Crippen MR) is 52.5 cm³/mol. The van der Waals surface area contributed by atoms with Gasteiger partial charge < -0.3 is 16.0 Å². The highest BCUT2D eigenvalue weighted by Crippen LogP contribution is 2.07. The summed E-state index contributed by atoms with van der Waals surface area (Å²) in [6, 6.07) is -0.405. The van der Waals surface area contributed by atoms with E-state index in [-0.39, 0.29) is 23.9 Å². The lowest BCUT2D eigenvalue weighted by Crippen LogP contribution is -2.63. The molecule has 1 fully saturated rings. The van der Waals surface area contributed by atoms with Gasteiger partial charge in [0, 0.05) is 12.1 Å². The molecule has 5 nitrogen and oxygen atoms in total. The number of hydrogen-bond donors (Lipinski definition) is 2. The van der Waals surface area contributed by atoms with Gasteiger partial charge in [-0.15, -0.1) is 0 Å². The summed E-state index contributed by atoms with van der Waals surface area (Å²) >= 11 is 0. The Morgan fingerprint density at radius 3 is 2.57 bits per heavy atom. The van der Waals surface area contributed by atoms with E-state index in [0.717, 1.165) is 0 Å². The highest BCUT2D eigenvalue weighted by Gasteiger charge is 2.34. The minimum absolute atomic E-state index is 0.115. The van der Waals surface area contributed by atoms with E-state index >= 15 is 0 Å². The van der Waals surface area contributed by atoms with E-state index in [4.69, 9.17) is 5.73 Å². The van der Waals surface area contributed by atoms with Crippen molar-refractivity contribution >= 4 is 11.8 Å². The van der Waals surface area contributed by atoms with E-state index in [9.17, 15) is 9.59 Å². The topological polar surface area (TPSA) is 75.4 Å². The number of likely N-dealkylation sites (tertiary alicyclic amines) is 1. The van der Waals surface area contributed by atoms with E-state index in [2.05, 4.69) is 5.32 Å². The lowest BCUT2D eigenvalue weighted by Gasteiger charge is -2.36. The SMILES string of the molecule is CC(C)(C)NC(=O)CN1CC(N)C1=O. The predicted octanol–water partition coefficient (Wildman–Crippen LogP) is -0.929. The van der Waals surface area contributed by atoms with Gasteiger partial charge in [0.05, 0.1) is 6.54 Å². The molecule has 14 heavy (non-hydrogen) atoms. The second-order valence-corrected chi connectivity index (χ2v) is 4.62. The molecule has 1 atom stereocenters. The molecule has 1 rings (SSSR count). The molecule has 0 bridgehead atoms. The highest BCUT2D eigenvalue weighted by molar-refractivity contribution is 5.92. The monoisotopic (exact) mass is 199 g/mol. The molecule has 1 aliphatic rings. The maximum absolute atomic E-state index is 11.4. The smallest absolute Gasteiger partial charge is 0.241 e. The largest absolute Gasteiger partial charge is 0.350 e. The maximum atomic E-state index is 11.4. The Kier molecular flexibility index (Phi) is 2.80. The van der Waals surface area contributed by atoms with E-state index in [0.29, 0.717) is 6.54 Å². The second-order valence-electron chi connectivity index (χ2n) is 4.62. The van der Waals surface area contributed by atoms with Crippen molar-refractivity contribution < 1.29 is 9.59 Å². The standard InChI is InChI=1S/C9H17N3O2/c1-9(2,3)11-7(13)5-12-4-6(10)8(12)14/h6H,4-5,10H2,1-3H3,(H,11,13). The van der Waals surface area contributed by atoms with Gasteiger partial charge in [0.15, 0.2) is 0 Å². The van der Waals surface area contributed by atoms with Gasteiger partial charge in [0.1, 0.15) is 6.04 Å². The Bertz CT molecular complexity index is 257. The summed E-state index contributed by atoms with van der Waals surface area (Å²) in [5, 5.41) is 2.78. The molecule has 1 heterocycles. The van der Waals surface area contributed by atoms with E-state index in [1.165, 1.54) is 4.90 Å². The van der Waals surface area contributed by atoms with Gasteiger partial charge in [-0.3, -0.25) is 9.59 Å². The fraction of sp³-hybridized carbons (Fsp3) is 0.778. The number of nitrogens with zero attached hydrogens (tertiary/aromatic N) is 1. The number of carbonyl (C=O) groups excluding carboxylic acids is 2. The lowest BCUT2D eigenvalue weighted by atomic mass is 10.1. The summed E-state index contributed by atoms with van der Waals surface area (Å²) < 4.78 is 0. The molecule has 0 saturated carbocycles. The lowest BCUT2D eigenvalue weighted by molar-refractivity contribution is -0.146. The van der Waals surface area contributed by atoms with Crippen molar-refractivity contribution in [2.45, 2.75) is 32.4 Å². The molecular formula is C9H17N3O2. The number of β-lactam (4-membered cyclic amide) rings is 1. The van der Waals surface area contributed by atoms with Crippen LogP contribution in [0.15, 0.2) is 0 Å². The zero-order valence-corrected chi connectivity index (χ0v) is 8.83. The molecule has 0 spiro atoms. The quantitative estimate of drug-likeness (QED) is 0.564. The first-order chi connectivity index (χ1) is 6.29. The third-order valence-corrected chi connectivity index (χ3v) is 1.89. The van der Waals surface area contributed by atoms with Crippen LogP contribution in [0.25, 0.3) is 0 Å². The molecule has 0 radical (unpaired) electrons. The van der Waals surface area contributed by atoms with Crippen molar-refractivity contribution in [3.05, 3.63) is 0 Å². The maximum Gasteiger partial charge on any atom is 0.241 e. The average Bonchev–Trinajstić information content (AvgIpc) is 2.00. The van der Waals surface area contributed by atoms with Crippen molar-refractivity contribution in [1.82, 2.24) is 10.2 Å². The van der Waals surface area contributed by atoms with E-state index < -0.39 is 6.04 Å². The molecule has 0 aromatic heterocycles. The van der Waals surface area contributed by atoms with Crippen LogP contribution in [-0.4, -0.2) is 41.4 Å². The summed E-state index contributed by atoms with van der Waals surface area (Å²) in [4.78, 5) is 23.9. The van der Waals surface area contributed by atoms with Crippen molar-refractivity contribution in [1.29, 1.82) is 0 Å². The number of amides is 2. The summed E-state index contributed by atoms with van der Waals surface area (Å²) in [5.41, 5.74) is 5.14. The van der Waals surface area contributed by atoms with Gasteiger partial charge >= 0.3 is 0 Å². The first-order valence-electron chi connectivity index (χ1n) is 4.65. The van der Waals surface area contributed by atoms with Gasteiger partial charge in [-0.1, -0.05) is 0 Å². The summed E-state index contributed by atoms with van der Waals surface area (Å²) in [6.07, 6.45) is 0. The Labute approximate surface area is 83.6 Å². The first-order valence-corrected chi connectivity index (χ1v) is 4.65. The molecule has 0 aromatic rings. The normalized spacial score (nSPS) is 21.9. The van der Waals surface area contributed by atoms with Crippen LogP contribution in [0.3, 0.4) is 0 Å². The average molecular weight is 199 g/mol. The Morgan fingerprint density at radius 2 is 2.21 bits per heavy atom. The highest BCUT2D eigenvalue weighted by atomic mass is 16.2. The van der Waals surface area contributed by atoms with Gasteiger partial charge in [0.2, 0.25) is 11.8 Å². The molecule has 0 aliphatic carbocycles. The van der Waals surface area contributed by atoms with Crippen LogP contribution in [0.4, 0.5) is 0 Å². The van der Waals surface area contributed by atoms with Crippen molar-refractivity contribution in [3.63, 3.8) is 0 Å². The van der Waals surface area contributed by atoms with Crippen molar-refractivity contribution in [3.8, 4) is 0 Å². The minimum atomic E-state index is -0.405. The van der Waals surface area contributed by atoms with Gasteiger partial charge in [0.25, 0.3) is 0 Å². The Hall–Kier alpha value is -1.10. The summed E-state index contributed by atoms with van der Waals surface area (Å²) in [7, 11) is 0. The zero-order valence-electron chi connectivity index (χ0n) is 8.83. The number of nitrogens with two attached hydrogens (primary N) is 1. The third-order valence-electron chi connectivity index (χ3n) is 1.89. The van der Waals surface area contributed by atoms with E-state index in [1.54, 1.807) is 0 Å².